The fourth-order valence-electron chi connectivity index (χ4n) is 4.35. The lowest BCUT2D eigenvalue weighted by molar-refractivity contribution is -0.121. The highest BCUT2D eigenvalue weighted by Crippen LogP contribution is 2.37. The van der Waals surface area contributed by atoms with Gasteiger partial charge >= 0.3 is 0 Å². The van der Waals surface area contributed by atoms with Crippen molar-refractivity contribution in [2.45, 2.75) is 56.9 Å². The number of amides is 1. The molecule has 3 aliphatic rings. The van der Waals surface area contributed by atoms with E-state index in [-0.39, 0.29) is 11.8 Å². The molecule has 2 aromatic rings. The zero-order valence-corrected chi connectivity index (χ0v) is 15.8. The summed E-state index contributed by atoms with van der Waals surface area (Å²) in [7, 11) is 0. The van der Waals surface area contributed by atoms with Crippen molar-refractivity contribution in [2.24, 2.45) is 5.92 Å². The van der Waals surface area contributed by atoms with Gasteiger partial charge in [0.05, 0.1) is 11.4 Å². The Labute approximate surface area is 160 Å². The third kappa shape index (κ3) is 3.53. The average Bonchev–Trinajstić information content (AvgIpc) is 3.43. The van der Waals surface area contributed by atoms with Crippen molar-refractivity contribution in [2.75, 3.05) is 18.4 Å². The summed E-state index contributed by atoms with van der Waals surface area (Å²) in [6.07, 6.45) is 8.32. The molecule has 2 saturated carbocycles. The number of carbonyl (C=O) groups is 1. The van der Waals surface area contributed by atoms with E-state index in [2.05, 4.69) is 16.3 Å². The molecule has 1 aromatic carbocycles. The van der Waals surface area contributed by atoms with E-state index in [0.29, 0.717) is 5.92 Å². The van der Waals surface area contributed by atoms with Crippen molar-refractivity contribution in [3.63, 3.8) is 0 Å². The predicted molar refractivity (Wildman–Crippen MR) is 106 cm³/mol. The molecule has 0 spiro atoms. The second-order valence-corrected chi connectivity index (χ2v) is 8.36. The fraction of sp³-hybridized carbons (Fsp3) is 0.545. The molecule has 1 aliphatic heterocycles. The Morgan fingerprint density at radius 3 is 2.37 bits per heavy atom. The molecule has 27 heavy (non-hydrogen) atoms. The van der Waals surface area contributed by atoms with E-state index < -0.39 is 0 Å². The molecule has 1 aromatic heterocycles. The predicted octanol–water partition coefficient (Wildman–Crippen LogP) is 3.95. The van der Waals surface area contributed by atoms with Gasteiger partial charge in [0.25, 0.3) is 0 Å². The number of aromatic nitrogens is 2. The summed E-state index contributed by atoms with van der Waals surface area (Å²) >= 11 is 0. The molecule has 2 heterocycles. The van der Waals surface area contributed by atoms with E-state index in [4.69, 9.17) is 5.10 Å². The topological polar surface area (TPSA) is 50.2 Å². The van der Waals surface area contributed by atoms with Crippen molar-refractivity contribution in [1.29, 1.82) is 0 Å². The number of carbonyl (C=O) groups excluding carboxylic acids is 1. The maximum atomic E-state index is 12.9. The van der Waals surface area contributed by atoms with Crippen molar-refractivity contribution in [3.8, 4) is 5.69 Å². The van der Waals surface area contributed by atoms with Gasteiger partial charge in [-0.3, -0.25) is 4.79 Å². The summed E-state index contributed by atoms with van der Waals surface area (Å²) in [6.45, 7) is 2.13. The highest BCUT2D eigenvalue weighted by molar-refractivity contribution is 5.92. The number of benzene rings is 1. The monoisotopic (exact) mass is 364 g/mol. The minimum Gasteiger partial charge on any atom is -0.310 e. The van der Waals surface area contributed by atoms with Crippen LogP contribution in [0.5, 0.6) is 0 Å². The number of nitrogens with zero attached hydrogens (tertiary/aromatic N) is 3. The van der Waals surface area contributed by atoms with Crippen LogP contribution in [0.15, 0.2) is 36.4 Å². The van der Waals surface area contributed by atoms with Crippen molar-refractivity contribution in [1.82, 2.24) is 14.7 Å². The Balaban J connectivity index is 1.32. The van der Waals surface area contributed by atoms with Crippen LogP contribution in [0.3, 0.4) is 0 Å². The van der Waals surface area contributed by atoms with Gasteiger partial charge in [0.1, 0.15) is 5.82 Å². The number of rotatable bonds is 5. The molecule has 5 heteroatoms. The van der Waals surface area contributed by atoms with Gasteiger partial charge in [-0.25, -0.2) is 4.68 Å². The molecule has 3 fully saturated rings. The second-order valence-electron chi connectivity index (χ2n) is 8.36. The number of anilines is 1. The summed E-state index contributed by atoms with van der Waals surface area (Å²) in [5, 5.41) is 8.04. The van der Waals surface area contributed by atoms with Crippen molar-refractivity contribution < 1.29 is 4.79 Å². The van der Waals surface area contributed by atoms with E-state index in [9.17, 15) is 4.79 Å². The first-order valence-electron chi connectivity index (χ1n) is 10.5. The first kappa shape index (κ1) is 17.0. The Morgan fingerprint density at radius 1 is 1.00 bits per heavy atom. The van der Waals surface area contributed by atoms with Crippen molar-refractivity contribution >= 4 is 11.7 Å². The summed E-state index contributed by atoms with van der Waals surface area (Å²) in [6, 6.07) is 13.0. The molecule has 0 bridgehead atoms. The zero-order chi connectivity index (χ0) is 18.2. The van der Waals surface area contributed by atoms with Gasteiger partial charge in [-0.05, 0) is 63.7 Å². The molecule has 142 valence electrons. The molecule has 5 rings (SSSR count). The minimum atomic E-state index is 0.117. The molecule has 0 radical (unpaired) electrons. The highest BCUT2D eigenvalue weighted by atomic mass is 16.2. The molecule has 1 N–H and O–H groups in total. The van der Waals surface area contributed by atoms with Crippen LogP contribution in [0.25, 0.3) is 5.69 Å². The lowest BCUT2D eigenvalue weighted by Crippen LogP contribution is -2.39. The van der Waals surface area contributed by atoms with Gasteiger partial charge in [-0.1, -0.05) is 24.6 Å². The Bertz CT molecular complexity index is 799. The molecular weight excluding hydrogens is 336 g/mol. The quantitative estimate of drug-likeness (QED) is 0.874. The van der Waals surface area contributed by atoms with E-state index in [1.165, 1.54) is 32.1 Å². The fourth-order valence-corrected chi connectivity index (χ4v) is 4.35. The first-order chi connectivity index (χ1) is 13.3. The Kier molecular flexibility index (Phi) is 4.48. The standard InChI is InChI=1S/C22H28N4O/c27-22(17-11-13-25(14-12-17)18-9-10-18)23-21-15-20(16-5-4-6-16)24-26(21)19-7-2-1-3-8-19/h1-3,7-8,15-18H,4-6,9-14H2,(H,23,27). The summed E-state index contributed by atoms with van der Waals surface area (Å²) < 4.78 is 1.91. The molecule has 1 amide bonds. The van der Waals surface area contributed by atoms with Crippen LogP contribution in [-0.4, -0.2) is 39.7 Å². The number of hydrogen-bond donors (Lipinski definition) is 1. The van der Waals surface area contributed by atoms with Gasteiger partial charge in [-0.2, -0.15) is 5.10 Å². The van der Waals surface area contributed by atoms with Gasteiger partial charge in [0.15, 0.2) is 0 Å². The van der Waals surface area contributed by atoms with Gasteiger partial charge in [0, 0.05) is 23.9 Å². The van der Waals surface area contributed by atoms with Gasteiger partial charge in [-0.15, -0.1) is 0 Å². The summed E-state index contributed by atoms with van der Waals surface area (Å²) in [5.74, 6) is 1.64. The van der Waals surface area contributed by atoms with Gasteiger partial charge < -0.3 is 10.2 Å². The number of para-hydroxylation sites is 1. The van der Waals surface area contributed by atoms with Crippen molar-refractivity contribution in [3.05, 3.63) is 42.1 Å². The number of hydrogen-bond acceptors (Lipinski definition) is 3. The third-order valence-electron chi connectivity index (χ3n) is 6.47. The summed E-state index contributed by atoms with van der Waals surface area (Å²) in [5.41, 5.74) is 2.12. The van der Waals surface area contributed by atoms with Crippen LogP contribution in [0.2, 0.25) is 0 Å². The summed E-state index contributed by atoms with van der Waals surface area (Å²) in [4.78, 5) is 15.5. The van der Waals surface area contributed by atoms with Crippen LogP contribution < -0.4 is 5.32 Å². The van der Waals surface area contributed by atoms with Crippen LogP contribution in [-0.2, 0) is 4.79 Å². The SMILES string of the molecule is O=C(Nc1cc(C2CCC2)nn1-c1ccccc1)C1CCN(C2CC2)CC1. The average molecular weight is 364 g/mol. The molecule has 5 nitrogen and oxygen atoms in total. The number of piperidine rings is 1. The Morgan fingerprint density at radius 2 is 1.74 bits per heavy atom. The van der Waals surface area contributed by atoms with Gasteiger partial charge in [0.2, 0.25) is 5.91 Å². The molecule has 0 unspecified atom stereocenters. The lowest BCUT2D eigenvalue weighted by Gasteiger charge is -2.31. The van der Waals surface area contributed by atoms with E-state index in [1.807, 2.05) is 35.0 Å². The maximum Gasteiger partial charge on any atom is 0.228 e. The largest absolute Gasteiger partial charge is 0.310 e. The molecule has 0 atom stereocenters. The van der Waals surface area contributed by atoms with E-state index >= 15 is 0 Å². The van der Waals surface area contributed by atoms with Crippen LogP contribution >= 0.6 is 0 Å². The third-order valence-corrected chi connectivity index (χ3v) is 6.47. The van der Waals surface area contributed by atoms with E-state index in [0.717, 1.165) is 49.2 Å². The second kappa shape index (κ2) is 7.12. The maximum absolute atomic E-state index is 12.9. The number of nitrogens with one attached hydrogen (secondary N) is 1. The lowest BCUT2D eigenvalue weighted by atomic mass is 9.83. The molecule has 1 saturated heterocycles. The van der Waals surface area contributed by atoms with Crippen LogP contribution in [0.1, 0.15) is 56.6 Å². The first-order valence-corrected chi connectivity index (χ1v) is 10.5. The molecular formula is C22H28N4O. The van der Waals surface area contributed by atoms with Crippen LogP contribution in [0.4, 0.5) is 5.82 Å². The minimum absolute atomic E-state index is 0.117. The van der Waals surface area contributed by atoms with Crippen LogP contribution in [0, 0.1) is 5.92 Å². The Hall–Kier alpha value is -2.14. The van der Waals surface area contributed by atoms with E-state index in [1.54, 1.807) is 0 Å². The normalized spacial score (nSPS) is 21.8. The molecule has 2 aliphatic carbocycles. The number of likely N-dealkylation sites (tertiary alicyclic amines) is 1. The smallest absolute Gasteiger partial charge is 0.228 e. The highest BCUT2D eigenvalue weighted by Gasteiger charge is 2.34. The zero-order valence-electron chi connectivity index (χ0n) is 15.8.